The van der Waals surface area contributed by atoms with Gasteiger partial charge in [0.2, 0.25) is 0 Å². The van der Waals surface area contributed by atoms with Crippen molar-refractivity contribution in [3.05, 3.63) is 29.8 Å². The first-order chi connectivity index (χ1) is 8.83. The Hall–Kier alpha value is -1.10. The Kier molecular flexibility index (Phi) is 8.21. The van der Waals surface area contributed by atoms with Crippen molar-refractivity contribution in [3.8, 4) is 5.75 Å². The average Bonchev–Trinajstić information content (AvgIpc) is 2.39. The van der Waals surface area contributed by atoms with Crippen LogP contribution in [0.1, 0.15) is 18.4 Å². The zero-order chi connectivity index (χ0) is 13.1. The molecule has 4 nitrogen and oxygen atoms in total. The van der Waals surface area contributed by atoms with Gasteiger partial charge in [-0.3, -0.25) is 0 Å². The summed E-state index contributed by atoms with van der Waals surface area (Å²) in [5, 5.41) is 15.9. The molecule has 0 saturated heterocycles. The summed E-state index contributed by atoms with van der Waals surface area (Å²) in [7, 11) is 0. The van der Waals surface area contributed by atoms with E-state index < -0.39 is 0 Å². The van der Waals surface area contributed by atoms with E-state index in [4.69, 9.17) is 10.8 Å². The van der Waals surface area contributed by atoms with Crippen molar-refractivity contribution < 1.29 is 5.11 Å². The van der Waals surface area contributed by atoms with E-state index in [2.05, 4.69) is 10.6 Å². The first-order valence-electron chi connectivity index (χ1n) is 6.72. The third-order valence-electron chi connectivity index (χ3n) is 2.79. The van der Waals surface area contributed by atoms with Crippen molar-refractivity contribution in [1.82, 2.24) is 10.6 Å². The summed E-state index contributed by atoms with van der Waals surface area (Å²) in [4.78, 5) is 0. The maximum atomic E-state index is 9.16. The Bertz CT molecular complexity index is 300. The third kappa shape index (κ3) is 7.27. The molecular weight excluding hydrogens is 226 g/mol. The number of phenols is 1. The van der Waals surface area contributed by atoms with Gasteiger partial charge >= 0.3 is 0 Å². The fraction of sp³-hybridized carbons (Fsp3) is 0.571. The fourth-order valence-electron chi connectivity index (χ4n) is 1.73. The van der Waals surface area contributed by atoms with Gasteiger partial charge in [0.1, 0.15) is 5.75 Å². The summed E-state index contributed by atoms with van der Waals surface area (Å²) in [5.41, 5.74) is 6.68. The molecule has 4 heteroatoms. The highest BCUT2D eigenvalue weighted by Gasteiger charge is 1.94. The molecule has 1 aromatic rings. The first-order valence-corrected chi connectivity index (χ1v) is 6.72. The van der Waals surface area contributed by atoms with Crippen LogP contribution in [0.2, 0.25) is 0 Å². The van der Waals surface area contributed by atoms with Crippen LogP contribution in [-0.2, 0) is 6.42 Å². The first kappa shape index (κ1) is 15.0. The zero-order valence-electron chi connectivity index (χ0n) is 11.0. The summed E-state index contributed by atoms with van der Waals surface area (Å²) >= 11 is 0. The second kappa shape index (κ2) is 9.88. The van der Waals surface area contributed by atoms with Crippen LogP contribution in [0.4, 0.5) is 0 Å². The standard InChI is InChI=1S/C14H25N3O/c15-8-2-10-17-12-11-16-9-1-3-13-4-6-14(18)7-5-13/h4-7,16-18H,1-3,8-12,15H2. The lowest BCUT2D eigenvalue weighted by molar-refractivity contribution is 0.475. The minimum absolute atomic E-state index is 0.334. The highest BCUT2D eigenvalue weighted by Crippen LogP contribution is 2.10. The van der Waals surface area contributed by atoms with E-state index >= 15 is 0 Å². The summed E-state index contributed by atoms with van der Waals surface area (Å²) in [6.45, 7) is 4.79. The van der Waals surface area contributed by atoms with Crippen molar-refractivity contribution in [2.75, 3.05) is 32.7 Å². The smallest absolute Gasteiger partial charge is 0.115 e. The number of hydrogen-bond acceptors (Lipinski definition) is 4. The molecule has 0 saturated carbocycles. The van der Waals surface area contributed by atoms with E-state index in [1.54, 1.807) is 12.1 Å². The molecule has 18 heavy (non-hydrogen) atoms. The van der Waals surface area contributed by atoms with Crippen molar-refractivity contribution in [2.45, 2.75) is 19.3 Å². The van der Waals surface area contributed by atoms with Crippen LogP contribution in [0.3, 0.4) is 0 Å². The molecule has 0 heterocycles. The number of benzene rings is 1. The van der Waals surface area contributed by atoms with Gasteiger partial charge < -0.3 is 21.5 Å². The molecule has 0 radical (unpaired) electrons. The van der Waals surface area contributed by atoms with Crippen LogP contribution in [0, 0.1) is 0 Å². The van der Waals surface area contributed by atoms with Gasteiger partial charge in [-0.15, -0.1) is 0 Å². The van der Waals surface area contributed by atoms with Crippen LogP contribution >= 0.6 is 0 Å². The minimum Gasteiger partial charge on any atom is -0.508 e. The number of rotatable bonds is 10. The van der Waals surface area contributed by atoms with Gasteiger partial charge in [0.05, 0.1) is 0 Å². The lowest BCUT2D eigenvalue weighted by Crippen LogP contribution is -2.29. The Balaban J connectivity index is 1.91. The highest BCUT2D eigenvalue weighted by atomic mass is 16.3. The molecule has 0 aromatic heterocycles. The predicted octanol–water partition coefficient (Wildman–Crippen LogP) is 0.853. The maximum Gasteiger partial charge on any atom is 0.115 e. The van der Waals surface area contributed by atoms with Crippen molar-refractivity contribution >= 4 is 0 Å². The van der Waals surface area contributed by atoms with Gasteiger partial charge in [-0.2, -0.15) is 0 Å². The largest absolute Gasteiger partial charge is 0.508 e. The number of aromatic hydroxyl groups is 1. The second-order valence-electron chi connectivity index (χ2n) is 4.41. The molecule has 0 aliphatic heterocycles. The van der Waals surface area contributed by atoms with Crippen LogP contribution in [0.5, 0.6) is 5.75 Å². The Morgan fingerprint density at radius 2 is 1.50 bits per heavy atom. The predicted molar refractivity (Wildman–Crippen MR) is 75.8 cm³/mol. The Labute approximate surface area is 110 Å². The van der Waals surface area contributed by atoms with Crippen LogP contribution in [-0.4, -0.2) is 37.8 Å². The molecule has 0 fully saturated rings. The lowest BCUT2D eigenvalue weighted by atomic mass is 10.1. The van der Waals surface area contributed by atoms with E-state index in [-0.39, 0.29) is 0 Å². The monoisotopic (exact) mass is 251 g/mol. The van der Waals surface area contributed by atoms with E-state index in [1.165, 1.54) is 5.56 Å². The summed E-state index contributed by atoms with van der Waals surface area (Å²) in [5.74, 6) is 0.334. The van der Waals surface area contributed by atoms with E-state index in [1.807, 2.05) is 12.1 Å². The molecule has 1 rings (SSSR count). The molecule has 0 bridgehead atoms. The number of nitrogens with one attached hydrogen (secondary N) is 2. The number of phenolic OH excluding ortho intramolecular Hbond substituents is 1. The molecule has 5 N–H and O–H groups in total. The fourth-order valence-corrected chi connectivity index (χ4v) is 1.73. The number of aryl methyl sites for hydroxylation is 1. The molecule has 0 amide bonds. The lowest BCUT2D eigenvalue weighted by Gasteiger charge is -2.06. The second-order valence-corrected chi connectivity index (χ2v) is 4.41. The zero-order valence-corrected chi connectivity index (χ0v) is 11.0. The molecule has 0 unspecified atom stereocenters. The van der Waals surface area contributed by atoms with E-state index in [0.29, 0.717) is 5.75 Å². The number of nitrogens with two attached hydrogens (primary N) is 1. The highest BCUT2D eigenvalue weighted by molar-refractivity contribution is 5.25. The van der Waals surface area contributed by atoms with Crippen molar-refractivity contribution in [2.24, 2.45) is 5.73 Å². The Morgan fingerprint density at radius 1 is 0.889 bits per heavy atom. The minimum atomic E-state index is 0.334. The Morgan fingerprint density at radius 3 is 2.11 bits per heavy atom. The van der Waals surface area contributed by atoms with E-state index in [0.717, 1.165) is 52.0 Å². The summed E-state index contributed by atoms with van der Waals surface area (Å²) in [6, 6.07) is 7.43. The number of hydrogen-bond donors (Lipinski definition) is 4. The van der Waals surface area contributed by atoms with Gasteiger partial charge in [-0.05, 0) is 56.6 Å². The molecule has 0 aliphatic rings. The molecular formula is C14H25N3O. The molecule has 102 valence electrons. The van der Waals surface area contributed by atoms with Crippen molar-refractivity contribution in [3.63, 3.8) is 0 Å². The van der Waals surface area contributed by atoms with Crippen LogP contribution in [0.25, 0.3) is 0 Å². The molecule has 0 aliphatic carbocycles. The molecule has 1 aromatic carbocycles. The van der Waals surface area contributed by atoms with Crippen LogP contribution in [0.15, 0.2) is 24.3 Å². The van der Waals surface area contributed by atoms with Crippen molar-refractivity contribution in [1.29, 1.82) is 0 Å². The maximum absolute atomic E-state index is 9.16. The van der Waals surface area contributed by atoms with Crippen LogP contribution < -0.4 is 16.4 Å². The normalized spacial score (nSPS) is 10.7. The third-order valence-corrected chi connectivity index (χ3v) is 2.79. The summed E-state index contributed by atoms with van der Waals surface area (Å²) in [6.07, 6.45) is 3.21. The quantitative estimate of drug-likeness (QED) is 0.465. The van der Waals surface area contributed by atoms with Gasteiger partial charge in [0, 0.05) is 13.1 Å². The topological polar surface area (TPSA) is 70.3 Å². The molecule has 0 spiro atoms. The summed E-state index contributed by atoms with van der Waals surface area (Å²) < 4.78 is 0. The van der Waals surface area contributed by atoms with Gasteiger partial charge in [0.25, 0.3) is 0 Å². The van der Waals surface area contributed by atoms with Gasteiger partial charge in [-0.1, -0.05) is 12.1 Å². The van der Waals surface area contributed by atoms with E-state index in [9.17, 15) is 0 Å². The van der Waals surface area contributed by atoms with Gasteiger partial charge in [-0.25, -0.2) is 0 Å². The molecule has 0 atom stereocenters. The average molecular weight is 251 g/mol. The van der Waals surface area contributed by atoms with Gasteiger partial charge in [0.15, 0.2) is 0 Å². The SMILES string of the molecule is NCCCNCCNCCCc1ccc(O)cc1.